The number of urea groups is 1. The highest BCUT2D eigenvalue weighted by molar-refractivity contribution is 5.94. The summed E-state index contributed by atoms with van der Waals surface area (Å²) in [6.07, 6.45) is 1.91. The van der Waals surface area contributed by atoms with Gasteiger partial charge in [0.15, 0.2) is 0 Å². The van der Waals surface area contributed by atoms with Crippen molar-refractivity contribution in [2.24, 2.45) is 0 Å². The first kappa shape index (κ1) is 18.8. The van der Waals surface area contributed by atoms with Gasteiger partial charge in [0, 0.05) is 25.2 Å². The Hall–Kier alpha value is -3.02. The van der Waals surface area contributed by atoms with Gasteiger partial charge in [-0.15, -0.1) is 0 Å². The number of rotatable bonds is 6. The molecule has 0 saturated carbocycles. The smallest absolute Gasteiger partial charge is 0.317 e. The van der Waals surface area contributed by atoms with Crippen LogP contribution in [0.15, 0.2) is 54.6 Å². The van der Waals surface area contributed by atoms with Crippen LogP contribution in [0, 0.1) is 0 Å². The predicted molar refractivity (Wildman–Crippen MR) is 104 cm³/mol. The Kier molecular flexibility index (Phi) is 6.30. The summed E-state index contributed by atoms with van der Waals surface area (Å²) in [5.74, 6) is 0.656. The molecular weight excluding hydrogens is 342 g/mol. The van der Waals surface area contributed by atoms with E-state index in [9.17, 15) is 9.59 Å². The highest BCUT2D eigenvalue weighted by Gasteiger charge is 2.29. The van der Waals surface area contributed by atoms with Crippen molar-refractivity contribution in [3.63, 3.8) is 0 Å². The molecule has 1 fully saturated rings. The molecule has 0 spiro atoms. The Bertz CT molecular complexity index is 779. The third-order valence-electron chi connectivity index (χ3n) is 4.71. The van der Waals surface area contributed by atoms with Crippen molar-refractivity contribution in [1.29, 1.82) is 0 Å². The molecule has 1 unspecified atom stereocenters. The first-order valence-electron chi connectivity index (χ1n) is 9.20. The van der Waals surface area contributed by atoms with Crippen LogP contribution in [0.4, 0.5) is 4.79 Å². The highest BCUT2D eigenvalue weighted by Crippen LogP contribution is 2.33. The third-order valence-corrected chi connectivity index (χ3v) is 4.71. The molecule has 1 aliphatic heterocycles. The molecule has 0 radical (unpaired) electrons. The van der Waals surface area contributed by atoms with E-state index >= 15 is 0 Å². The van der Waals surface area contributed by atoms with Gasteiger partial charge in [-0.1, -0.05) is 30.3 Å². The summed E-state index contributed by atoms with van der Waals surface area (Å²) < 4.78 is 5.29. The van der Waals surface area contributed by atoms with Crippen molar-refractivity contribution in [2.45, 2.75) is 18.9 Å². The molecule has 3 rings (SSSR count). The van der Waals surface area contributed by atoms with Crippen LogP contribution in [-0.4, -0.2) is 43.6 Å². The lowest BCUT2D eigenvalue weighted by Gasteiger charge is -2.25. The van der Waals surface area contributed by atoms with Gasteiger partial charge < -0.3 is 20.3 Å². The van der Waals surface area contributed by atoms with Crippen molar-refractivity contribution in [1.82, 2.24) is 15.5 Å². The van der Waals surface area contributed by atoms with Gasteiger partial charge in [-0.3, -0.25) is 4.79 Å². The number of benzene rings is 2. The molecule has 0 aliphatic carbocycles. The number of ether oxygens (including phenoxy) is 1. The van der Waals surface area contributed by atoms with Crippen LogP contribution < -0.4 is 15.4 Å². The Morgan fingerprint density at radius 2 is 1.85 bits per heavy atom. The van der Waals surface area contributed by atoms with Crippen LogP contribution in [-0.2, 0) is 0 Å². The van der Waals surface area contributed by atoms with Crippen molar-refractivity contribution in [3.05, 3.63) is 65.7 Å². The molecule has 1 saturated heterocycles. The van der Waals surface area contributed by atoms with Gasteiger partial charge in [0.05, 0.1) is 13.2 Å². The second kappa shape index (κ2) is 9.07. The van der Waals surface area contributed by atoms with Crippen molar-refractivity contribution in [3.8, 4) is 5.75 Å². The van der Waals surface area contributed by atoms with Crippen molar-refractivity contribution >= 4 is 11.9 Å². The molecule has 142 valence electrons. The zero-order valence-electron chi connectivity index (χ0n) is 15.5. The molecule has 3 amide bonds. The van der Waals surface area contributed by atoms with Crippen molar-refractivity contribution in [2.75, 3.05) is 26.7 Å². The number of amides is 3. The van der Waals surface area contributed by atoms with E-state index in [1.807, 2.05) is 47.4 Å². The zero-order chi connectivity index (χ0) is 19.1. The third kappa shape index (κ3) is 4.78. The van der Waals surface area contributed by atoms with E-state index in [-0.39, 0.29) is 18.0 Å². The molecule has 0 bridgehead atoms. The number of nitrogens with zero attached hydrogens (tertiary/aromatic N) is 1. The molecule has 1 heterocycles. The first-order chi connectivity index (χ1) is 13.2. The van der Waals surface area contributed by atoms with Gasteiger partial charge in [-0.25, -0.2) is 4.79 Å². The quantitative estimate of drug-likeness (QED) is 0.771. The number of methoxy groups -OCH3 is 1. The number of nitrogens with one attached hydrogen (secondary N) is 2. The maximum absolute atomic E-state index is 12.6. The van der Waals surface area contributed by atoms with Crippen LogP contribution in [0.5, 0.6) is 5.75 Å². The molecule has 1 aliphatic rings. The topological polar surface area (TPSA) is 70.7 Å². The Morgan fingerprint density at radius 3 is 2.63 bits per heavy atom. The molecule has 6 nitrogen and oxygen atoms in total. The summed E-state index contributed by atoms with van der Waals surface area (Å²) in [5, 5.41) is 5.71. The van der Waals surface area contributed by atoms with Crippen LogP contribution in [0.2, 0.25) is 0 Å². The SMILES string of the molecule is COc1cccc(C2CCCN2C(=O)NCCNC(=O)c2ccccc2)c1. The molecule has 1 atom stereocenters. The van der Waals surface area contributed by atoms with E-state index in [2.05, 4.69) is 10.6 Å². The number of hydrogen-bond acceptors (Lipinski definition) is 3. The van der Waals surface area contributed by atoms with Crippen LogP contribution in [0.25, 0.3) is 0 Å². The summed E-state index contributed by atoms with van der Waals surface area (Å²) >= 11 is 0. The van der Waals surface area contributed by atoms with Gasteiger partial charge >= 0.3 is 6.03 Å². The first-order valence-corrected chi connectivity index (χ1v) is 9.20. The van der Waals surface area contributed by atoms with Crippen LogP contribution in [0.1, 0.15) is 34.8 Å². The average molecular weight is 367 g/mol. The number of carbonyl (C=O) groups is 2. The lowest BCUT2D eigenvalue weighted by Crippen LogP contribution is -2.42. The molecular formula is C21H25N3O3. The van der Waals surface area contributed by atoms with Gasteiger partial charge in [0.1, 0.15) is 5.75 Å². The minimum atomic E-state index is -0.139. The normalized spacial score (nSPS) is 16.0. The van der Waals surface area contributed by atoms with Crippen LogP contribution in [0.3, 0.4) is 0 Å². The largest absolute Gasteiger partial charge is 0.497 e. The minimum absolute atomic E-state index is 0.0546. The van der Waals surface area contributed by atoms with Gasteiger partial charge in [-0.05, 0) is 42.7 Å². The maximum atomic E-state index is 12.6. The van der Waals surface area contributed by atoms with Crippen LogP contribution >= 0.6 is 0 Å². The van der Waals surface area contributed by atoms with Gasteiger partial charge in [0.2, 0.25) is 0 Å². The second-order valence-corrected chi connectivity index (χ2v) is 6.48. The van der Waals surface area contributed by atoms with E-state index in [4.69, 9.17) is 4.74 Å². The number of likely N-dealkylation sites (tertiary alicyclic amines) is 1. The minimum Gasteiger partial charge on any atom is -0.497 e. The van der Waals surface area contributed by atoms with E-state index < -0.39 is 0 Å². The molecule has 6 heteroatoms. The fourth-order valence-corrected chi connectivity index (χ4v) is 3.34. The Labute approximate surface area is 159 Å². The predicted octanol–water partition coefficient (Wildman–Crippen LogP) is 2.97. The number of carbonyl (C=O) groups excluding carboxylic acids is 2. The lowest BCUT2D eigenvalue weighted by molar-refractivity contribution is 0.0953. The summed E-state index contributed by atoms with van der Waals surface area (Å²) in [7, 11) is 1.64. The summed E-state index contributed by atoms with van der Waals surface area (Å²) in [5.41, 5.74) is 1.70. The van der Waals surface area contributed by atoms with E-state index in [0.29, 0.717) is 18.7 Å². The monoisotopic (exact) mass is 367 g/mol. The van der Waals surface area contributed by atoms with E-state index in [0.717, 1.165) is 30.7 Å². The number of hydrogen-bond donors (Lipinski definition) is 2. The summed E-state index contributed by atoms with van der Waals surface area (Å²) in [6, 6.07) is 16.8. The maximum Gasteiger partial charge on any atom is 0.317 e. The summed E-state index contributed by atoms with van der Waals surface area (Å²) in [6.45, 7) is 1.50. The van der Waals surface area contributed by atoms with Gasteiger partial charge in [0.25, 0.3) is 5.91 Å². The fraction of sp³-hybridized carbons (Fsp3) is 0.333. The molecule has 2 N–H and O–H groups in total. The molecule has 2 aromatic carbocycles. The summed E-state index contributed by atoms with van der Waals surface area (Å²) in [4.78, 5) is 26.4. The molecule has 0 aromatic heterocycles. The van der Waals surface area contributed by atoms with Crippen molar-refractivity contribution < 1.29 is 14.3 Å². The van der Waals surface area contributed by atoms with E-state index in [1.54, 1.807) is 19.2 Å². The average Bonchev–Trinajstić information content (AvgIpc) is 3.21. The Morgan fingerprint density at radius 1 is 1.07 bits per heavy atom. The van der Waals surface area contributed by atoms with Gasteiger partial charge in [-0.2, -0.15) is 0 Å². The second-order valence-electron chi connectivity index (χ2n) is 6.48. The fourth-order valence-electron chi connectivity index (χ4n) is 3.34. The lowest BCUT2D eigenvalue weighted by atomic mass is 10.0. The highest BCUT2D eigenvalue weighted by atomic mass is 16.5. The Balaban J connectivity index is 1.49. The standard InChI is InChI=1S/C21H25N3O3/c1-27-18-10-5-9-17(15-18)19-11-6-14-24(19)21(26)23-13-12-22-20(25)16-7-3-2-4-8-16/h2-5,7-10,15,19H,6,11-14H2,1H3,(H,22,25)(H,23,26). The molecule has 2 aromatic rings. The zero-order valence-corrected chi connectivity index (χ0v) is 15.5. The molecule has 27 heavy (non-hydrogen) atoms. The van der Waals surface area contributed by atoms with E-state index in [1.165, 1.54) is 0 Å².